The Morgan fingerprint density at radius 1 is 1.32 bits per heavy atom. The molecule has 0 radical (unpaired) electrons. The zero-order valence-electron chi connectivity index (χ0n) is 14.0. The second-order valence-electron chi connectivity index (χ2n) is 6.28. The van der Waals surface area contributed by atoms with E-state index >= 15 is 0 Å². The van der Waals surface area contributed by atoms with E-state index in [0.29, 0.717) is 6.54 Å². The number of nitrogens with one attached hydrogen (secondary N) is 1. The van der Waals surface area contributed by atoms with E-state index in [1.807, 2.05) is 31.2 Å². The third kappa shape index (κ3) is 4.73. The number of methoxy groups -OCH3 is 1. The topological polar surface area (TPSA) is 41.6 Å². The van der Waals surface area contributed by atoms with Crippen LogP contribution in [0.25, 0.3) is 0 Å². The monoisotopic (exact) mass is 304 g/mol. The van der Waals surface area contributed by atoms with Crippen molar-refractivity contribution in [3.05, 3.63) is 29.8 Å². The van der Waals surface area contributed by atoms with Crippen molar-refractivity contribution in [2.75, 3.05) is 26.7 Å². The van der Waals surface area contributed by atoms with E-state index in [9.17, 15) is 4.79 Å². The maximum atomic E-state index is 12.2. The van der Waals surface area contributed by atoms with Crippen LogP contribution in [0.1, 0.15) is 32.3 Å². The molecule has 1 N–H and O–H groups in total. The first-order valence-electron chi connectivity index (χ1n) is 8.25. The molecule has 1 atom stereocenters. The van der Waals surface area contributed by atoms with Gasteiger partial charge in [0.25, 0.3) is 0 Å². The minimum Gasteiger partial charge on any atom is -0.497 e. The van der Waals surface area contributed by atoms with Crippen LogP contribution in [0.4, 0.5) is 0 Å². The number of carbonyl (C=O) groups is 1. The van der Waals surface area contributed by atoms with Crippen molar-refractivity contribution >= 4 is 5.91 Å². The Kier molecular flexibility index (Phi) is 6.25. The number of hydrogen-bond donors (Lipinski definition) is 1. The Labute approximate surface area is 133 Å². The second-order valence-corrected chi connectivity index (χ2v) is 6.28. The Hall–Kier alpha value is -1.55. The van der Waals surface area contributed by atoms with Gasteiger partial charge in [0.1, 0.15) is 5.75 Å². The van der Waals surface area contributed by atoms with Crippen molar-refractivity contribution in [3.63, 3.8) is 0 Å². The number of piperidine rings is 1. The lowest BCUT2D eigenvalue weighted by molar-refractivity contribution is -0.126. The number of amides is 1. The third-order valence-electron chi connectivity index (χ3n) is 4.62. The number of hydrogen-bond acceptors (Lipinski definition) is 3. The summed E-state index contributed by atoms with van der Waals surface area (Å²) in [6.07, 6.45) is 3.24. The van der Waals surface area contributed by atoms with E-state index in [0.717, 1.165) is 31.2 Å². The molecule has 4 heteroatoms. The summed E-state index contributed by atoms with van der Waals surface area (Å²) < 4.78 is 5.14. The third-order valence-corrected chi connectivity index (χ3v) is 4.62. The number of rotatable bonds is 6. The first kappa shape index (κ1) is 16.8. The minimum absolute atomic E-state index is 0.0247. The molecule has 1 aromatic carbocycles. The zero-order chi connectivity index (χ0) is 15.9. The molecule has 4 nitrogen and oxygen atoms in total. The average molecular weight is 304 g/mol. The van der Waals surface area contributed by atoms with E-state index in [4.69, 9.17) is 4.74 Å². The SMILES string of the molecule is COc1ccc(CCNC(=O)[C@@H](C)N2CCC(C)CC2)cc1. The number of carbonyl (C=O) groups excluding carboxylic acids is 1. The van der Waals surface area contributed by atoms with Gasteiger partial charge in [-0.3, -0.25) is 9.69 Å². The molecular weight excluding hydrogens is 276 g/mol. The van der Waals surface area contributed by atoms with E-state index in [1.54, 1.807) is 7.11 Å². The summed E-state index contributed by atoms with van der Waals surface area (Å²) in [7, 11) is 1.66. The first-order chi connectivity index (χ1) is 10.6. The molecule has 0 saturated carbocycles. The number of nitrogens with zero attached hydrogens (tertiary/aromatic N) is 1. The molecule has 0 unspecified atom stereocenters. The van der Waals surface area contributed by atoms with Gasteiger partial charge in [0.2, 0.25) is 5.91 Å². The standard InChI is InChI=1S/C18H28N2O2/c1-14-9-12-20(13-10-14)15(2)18(21)19-11-8-16-4-6-17(22-3)7-5-16/h4-7,14-15H,8-13H2,1-3H3,(H,19,21)/t15-/m1/s1. The van der Waals surface area contributed by atoms with Crippen molar-refractivity contribution in [2.45, 2.75) is 39.2 Å². The van der Waals surface area contributed by atoms with Gasteiger partial charge in [0.15, 0.2) is 0 Å². The van der Waals surface area contributed by atoms with E-state index in [-0.39, 0.29) is 11.9 Å². The largest absolute Gasteiger partial charge is 0.497 e. The van der Waals surface area contributed by atoms with Crippen LogP contribution >= 0.6 is 0 Å². The fourth-order valence-electron chi connectivity index (χ4n) is 2.85. The first-order valence-corrected chi connectivity index (χ1v) is 8.25. The highest BCUT2D eigenvalue weighted by atomic mass is 16.5. The predicted molar refractivity (Wildman–Crippen MR) is 89.1 cm³/mol. The summed E-state index contributed by atoms with van der Waals surface area (Å²) in [6, 6.07) is 7.97. The Balaban J connectivity index is 1.72. The van der Waals surface area contributed by atoms with Crippen molar-refractivity contribution in [1.82, 2.24) is 10.2 Å². The Morgan fingerprint density at radius 2 is 1.95 bits per heavy atom. The molecule has 1 amide bonds. The fraction of sp³-hybridized carbons (Fsp3) is 0.611. The van der Waals surface area contributed by atoms with Crippen LogP contribution in [0.3, 0.4) is 0 Å². The molecule has 2 rings (SSSR count). The van der Waals surface area contributed by atoms with Gasteiger partial charge in [-0.15, -0.1) is 0 Å². The van der Waals surface area contributed by atoms with Gasteiger partial charge in [-0.05, 0) is 62.9 Å². The molecule has 1 saturated heterocycles. The summed E-state index contributed by atoms with van der Waals surface area (Å²) in [5.74, 6) is 1.80. The molecule has 1 heterocycles. The highest BCUT2D eigenvalue weighted by molar-refractivity contribution is 5.81. The molecule has 1 aromatic rings. The van der Waals surface area contributed by atoms with Crippen molar-refractivity contribution in [2.24, 2.45) is 5.92 Å². The van der Waals surface area contributed by atoms with Crippen LogP contribution in [-0.4, -0.2) is 43.6 Å². The van der Waals surface area contributed by atoms with Gasteiger partial charge >= 0.3 is 0 Å². The van der Waals surface area contributed by atoms with Crippen LogP contribution in [0, 0.1) is 5.92 Å². The molecule has 0 bridgehead atoms. The summed E-state index contributed by atoms with van der Waals surface area (Å²) in [5.41, 5.74) is 1.21. The summed E-state index contributed by atoms with van der Waals surface area (Å²) in [4.78, 5) is 14.5. The number of ether oxygens (including phenoxy) is 1. The van der Waals surface area contributed by atoms with Crippen molar-refractivity contribution < 1.29 is 9.53 Å². The van der Waals surface area contributed by atoms with Crippen LogP contribution < -0.4 is 10.1 Å². The lowest BCUT2D eigenvalue weighted by Crippen LogP contribution is -2.48. The van der Waals surface area contributed by atoms with Gasteiger partial charge in [0, 0.05) is 6.54 Å². The summed E-state index contributed by atoms with van der Waals surface area (Å²) in [5, 5.41) is 3.06. The highest BCUT2D eigenvalue weighted by Crippen LogP contribution is 2.18. The average Bonchev–Trinajstić information content (AvgIpc) is 2.55. The lowest BCUT2D eigenvalue weighted by atomic mass is 9.98. The van der Waals surface area contributed by atoms with Crippen LogP contribution in [0.5, 0.6) is 5.75 Å². The zero-order valence-corrected chi connectivity index (χ0v) is 14.0. The summed E-state index contributed by atoms with van der Waals surface area (Å²) in [6.45, 7) is 7.05. The molecule has 0 aliphatic carbocycles. The van der Waals surface area contributed by atoms with Gasteiger partial charge < -0.3 is 10.1 Å². The predicted octanol–water partition coefficient (Wildman–Crippen LogP) is 2.47. The lowest BCUT2D eigenvalue weighted by Gasteiger charge is -2.34. The molecule has 1 aliphatic heterocycles. The number of likely N-dealkylation sites (tertiary alicyclic amines) is 1. The normalized spacial score (nSPS) is 18.0. The molecule has 0 spiro atoms. The molecular formula is C18H28N2O2. The highest BCUT2D eigenvalue weighted by Gasteiger charge is 2.24. The fourth-order valence-corrected chi connectivity index (χ4v) is 2.85. The molecule has 1 aliphatic rings. The van der Waals surface area contributed by atoms with Gasteiger partial charge in [-0.25, -0.2) is 0 Å². The Bertz CT molecular complexity index is 464. The van der Waals surface area contributed by atoms with Gasteiger partial charge in [-0.2, -0.15) is 0 Å². The molecule has 0 aromatic heterocycles. The summed E-state index contributed by atoms with van der Waals surface area (Å²) >= 11 is 0. The smallest absolute Gasteiger partial charge is 0.237 e. The Morgan fingerprint density at radius 3 is 2.55 bits per heavy atom. The van der Waals surface area contributed by atoms with Crippen LogP contribution in [0.15, 0.2) is 24.3 Å². The number of benzene rings is 1. The maximum Gasteiger partial charge on any atom is 0.237 e. The van der Waals surface area contributed by atoms with Gasteiger partial charge in [0.05, 0.1) is 13.2 Å². The van der Waals surface area contributed by atoms with E-state index in [1.165, 1.54) is 18.4 Å². The van der Waals surface area contributed by atoms with Crippen molar-refractivity contribution in [3.8, 4) is 5.75 Å². The molecule has 1 fully saturated rings. The van der Waals surface area contributed by atoms with Crippen LogP contribution in [0.2, 0.25) is 0 Å². The quantitative estimate of drug-likeness (QED) is 0.878. The van der Waals surface area contributed by atoms with Gasteiger partial charge in [-0.1, -0.05) is 19.1 Å². The molecule has 22 heavy (non-hydrogen) atoms. The molecule has 122 valence electrons. The van der Waals surface area contributed by atoms with E-state index < -0.39 is 0 Å². The van der Waals surface area contributed by atoms with Crippen molar-refractivity contribution in [1.29, 1.82) is 0 Å². The minimum atomic E-state index is -0.0247. The van der Waals surface area contributed by atoms with E-state index in [2.05, 4.69) is 17.1 Å². The maximum absolute atomic E-state index is 12.2. The second kappa shape index (κ2) is 8.18. The van der Waals surface area contributed by atoms with Crippen LogP contribution in [-0.2, 0) is 11.2 Å².